The minimum absolute atomic E-state index is 0.857. The van der Waals surface area contributed by atoms with Crippen molar-refractivity contribution < 1.29 is 4.55 Å². The minimum atomic E-state index is -0.857. The Balaban J connectivity index is 2.52. The highest BCUT2D eigenvalue weighted by atomic mass is 79.9. The average Bonchev–Trinajstić information content (AvgIpc) is 2.27. The molecule has 0 saturated carbocycles. The van der Waals surface area contributed by atoms with Gasteiger partial charge in [0.15, 0.2) is 0 Å². The van der Waals surface area contributed by atoms with Gasteiger partial charge in [0.2, 0.25) is 0 Å². The molecule has 1 aliphatic heterocycles. The number of fused-ring (bicyclic) bond motifs is 1. The lowest BCUT2D eigenvalue weighted by Crippen LogP contribution is -1.68. The molecule has 1 N–H and O–H groups in total. The lowest BCUT2D eigenvalue weighted by atomic mass is 10.3. The van der Waals surface area contributed by atoms with Crippen LogP contribution in [0.2, 0.25) is 0 Å². The smallest absolute Gasteiger partial charge is 0.100 e. The van der Waals surface area contributed by atoms with Crippen LogP contribution in [-0.4, -0.2) is 4.55 Å². The van der Waals surface area contributed by atoms with E-state index in [1.807, 2.05) is 18.2 Å². The van der Waals surface area contributed by atoms with E-state index in [9.17, 15) is 0 Å². The van der Waals surface area contributed by atoms with Gasteiger partial charge < -0.3 is 4.55 Å². The van der Waals surface area contributed by atoms with E-state index in [2.05, 4.69) is 20.3 Å². The van der Waals surface area contributed by atoms with Gasteiger partial charge in [-0.1, -0.05) is 15.9 Å². The molecule has 58 valence electrons. The highest BCUT2D eigenvalue weighted by molar-refractivity contribution is 9.10. The van der Waals surface area contributed by atoms with Crippen LogP contribution in [0.15, 0.2) is 31.9 Å². The Kier molecular flexibility index (Phi) is 2.05. The van der Waals surface area contributed by atoms with Crippen molar-refractivity contribution in [1.82, 2.24) is 0 Å². The van der Waals surface area contributed by atoms with E-state index in [0.29, 0.717) is 0 Å². The van der Waals surface area contributed by atoms with Crippen LogP contribution in [-0.2, 0) is 10.0 Å². The normalized spacial score (nSPS) is 21.1. The van der Waals surface area contributed by atoms with Gasteiger partial charge in [-0.25, -0.2) is 0 Å². The number of hydrogen-bond acceptors (Lipinski definition) is 2. The van der Waals surface area contributed by atoms with Crippen LogP contribution in [0.25, 0.3) is 0 Å². The fraction of sp³-hybridized carbons (Fsp3) is 0. The second-order valence-electron chi connectivity index (χ2n) is 2.02. The van der Waals surface area contributed by atoms with Gasteiger partial charge in [0.05, 0.1) is 5.69 Å². The molecule has 0 saturated heterocycles. The number of rotatable bonds is 0. The molecule has 1 aliphatic rings. The lowest BCUT2D eigenvalue weighted by Gasteiger charge is -1.93. The zero-order chi connectivity index (χ0) is 7.84. The predicted octanol–water partition coefficient (Wildman–Crippen LogP) is 3.38. The summed E-state index contributed by atoms with van der Waals surface area (Å²) in [6.45, 7) is 0. The van der Waals surface area contributed by atoms with Gasteiger partial charge in [0, 0.05) is 9.37 Å². The van der Waals surface area contributed by atoms with Crippen molar-refractivity contribution in [2.45, 2.75) is 4.90 Å². The van der Waals surface area contributed by atoms with Crippen LogP contribution >= 0.6 is 26.7 Å². The standard InChI is InChI=1S/C6H4BrNOS2/c7-4-1-2-5-6(3-4)10-11(9)8-5/h1-3H,(H,8,9). The van der Waals surface area contributed by atoms with Crippen LogP contribution in [0.4, 0.5) is 5.69 Å². The van der Waals surface area contributed by atoms with Gasteiger partial charge in [0.25, 0.3) is 0 Å². The van der Waals surface area contributed by atoms with E-state index >= 15 is 0 Å². The summed E-state index contributed by atoms with van der Waals surface area (Å²) in [7, 11) is 0.535. The first-order valence-electron chi connectivity index (χ1n) is 2.89. The first-order chi connectivity index (χ1) is 5.25. The molecule has 0 radical (unpaired) electrons. The highest BCUT2D eigenvalue weighted by Crippen LogP contribution is 2.40. The summed E-state index contributed by atoms with van der Waals surface area (Å²) in [6, 6.07) is 5.79. The maximum atomic E-state index is 9.15. The molecule has 1 aromatic rings. The summed E-state index contributed by atoms with van der Waals surface area (Å²) in [4.78, 5) is 1.05. The van der Waals surface area contributed by atoms with E-state index in [4.69, 9.17) is 4.55 Å². The summed E-state index contributed by atoms with van der Waals surface area (Å²) in [5.74, 6) is 0. The van der Waals surface area contributed by atoms with E-state index in [1.165, 1.54) is 10.8 Å². The molecule has 0 aliphatic carbocycles. The quantitative estimate of drug-likeness (QED) is 0.716. The van der Waals surface area contributed by atoms with Crippen LogP contribution < -0.4 is 0 Å². The van der Waals surface area contributed by atoms with Crippen molar-refractivity contribution in [3.63, 3.8) is 0 Å². The van der Waals surface area contributed by atoms with Crippen LogP contribution in [0.3, 0.4) is 0 Å². The maximum absolute atomic E-state index is 9.15. The maximum Gasteiger partial charge on any atom is 0.100 e. The van der Waals surface area contributed by atoms with Gasteiger partial charge in [-0.3, -0.25) is 0 Å². The van der Waals surface area contributed by atoms with Crippen LogP contribution in [0.5, 0.6) is 0 Å². The summed E-state index contributed by atoms with van der Waals surface area (Å²) in [5.41, 5.74) is 0.893. The second kappa shape index (κ2) is 2.90. The van der Waals surface area contributed by atoms with Crippen molar-refractivity contribution in [2.24, 2.45) is 4.36 Å². The summed E-state index contributed by atoms with van der Waals surface area (Å²) in [6.07, 6.45) is 0. The molecule has 0 bridgehead atoms. The third-order valence-electron chi connectivity index (χ3n) is 1.26. The summed E-state index contributed by atoms with van der Waals surface area (Å²) in [5, 5.41) is 0. The lowest BCUT2D eigenvalue weighted by molar-refractivity contribution is 0.663. The number of halogens is 1. The third kappa shape index (κ3) is 1.51. The van der Waals surface area contributed by atoms with E-state index in [1.54, 1.807) is 0 Å². The molecule has 1 aromatic carbocycles. The molecule has 1 unspecified atom stereocenters. The van der Waals surface area contributed by atoms with Gasteiger partial charge in [0.1, 0.15) is 10.0 Å². The Bertz CT molecular complexity index is 339. The van der Waals surface area contributed by atoms with Crippen molar-refractivity contribution >= 4 is 42.4 Å². The Morgan fingerprint density at radius 3 is 3.18 bits per heavy atom. The molecule has 0 fully saturated rings. The fourth-order valence-electron chi connectivity index (χ4n) is 0.813. The van der Waals surface area contributed by atoms with Crippen molar-refractivity contribution in [3.8, 4) is 0 Å². The summed E-state index contributed by atoms with van der Waals surface area (Å²) < 4.78 is 14.2. The van der Waals surface area contributed by atoms with Gasteiger partial charge in [-0.2, -0.15) is 4.36 Å². The van der Waals surface area contributed by atoms with Crippen molar-refractivity contribution in [1.29, 1.82) is 0 Å². The first kappa shape index (κ1) is 7.79. The highest BCUT2D eigenvalue weighted by Gasteiger charge is 2.12. The van der Waals surface area contributed by atoms with Gasteiger partial charge in [-0.15, -0.1) is 0 Å². The zero-order valence-corrected chi connectivity index (χ0v) is 8.54. The zero-order valence-electron chi connectivity index (χ0n) is 5.32. The van der Waals surface area contributed by atoms with Crippen LogP contribution in [0, 0.1) is 0 Å². The molecule has 1 atom stereocenters. The monoisotopic (exact) mass is 249 g/mol. The SMILES string of the molecule is OS1=Nc2ccc(Br)cc2S1. The molecule has 2 rings (SSSR count). The number of benzene rings is 1. The topological polar surface area (TPSA) is 32.6 Å². The fourth-order valence-corrected chi connectivity index (χ4v) is 3.52. The van der Waals surface area contributed by atoms with Crippen molar-refractivity contribution in [3.05, 3.63) is 22.7 Å². The molecular weight excluding hydrogens is 246 g/mol. The van der Waals surface area contributed by atoms with E-state index in [0.717, 1.165) is 15.1 Å². The van der Waals surface area contributed by atoms with E-state index < -0.39 is 10.0 Å². The van der Waals surface area contributed by atoms with Crippen LogP contribution in [0.1, 0.15) is 0 Å². The minimum Gasteiger partial charge on any atom is -0.313 e. The average molecular weight is 250 g/mol. The molecule has 11 heavy (non-hydrogen) atoms. The van der Waals surface area contributed by atoms with Gasteiger partial charge >= 0.3 is 0 Å². The Hall–Kier alpha value is 0.160. The predicted molar refractivity (Wildman–Crippen MR) is 52.1 cm³/mol. The summed E-state index contributed by atoms with van der Waals surface area (Å²) >= 11 is 3.35. The largest absolute Gasteiger partial charge is 0.313 e. The second-order valence-corrected chi connectivity index (χ2v) is 5.58. The van der Waals surface area contributed by atoms with Gasteiger partial charge in [-0.05, 0) is 29.0 Å². The molecule has 1 heterocycles. The van der Waals surface area contributed by atoms with E-state index in [-0.39, 0.29) is 0 Å². The third-order valence-corrected chi connectivity index (χ3v) is 3.97. The molecule has 5 heteroatoms. The molecule has 2 nitrogen and oxygen atoms in total. The van der Waals surface area contributed by atoms with Crippen molar-refractivity contribution in [2.75, 3.05) is 0 Å². The molecule has 0 aromatic heterocycles. The first-order valence-corrected chi connectivity index (χ1v) is 6.15. The molecule has 0 amide bonds. The number of nitrogens with zero attached hydrogens (tertiary/aromatic N) is 1. The molecule has 0 spiro atoms. The Morgan fingerprint density at radius 1 is 1.55 bits per heavy atom. The Morgan fingerprint density at radius 2 is 2.36 bits per heavy atom. The Labute approximate surface area is 78.8 Å². The number of hydrogen-bond donors (Lipinski definition) is 1. The molecular formula is C6H4BrNOS2.